The van der Waals surface area contributed by atoms with Gasteiger partial charge in [-0.1, -0.05) is 47.6 Å². The fourth-order valence-corrected chi connectivity index (χ4v) is 3.09. The molecule has 1 N–H and O–H groups in total. The van der Waals surface area contributed by atoms with Crippen LogP contribution in [0.1, 0.15) is 6.42 Å². The number of benzene rings is 2. The van der Waals surface area contributed by atoms with E-state index in [-0.39, 0.29) is 5.91 Å². The molecule has 1 amide bonds. The Kier molecular flexibility index (Phi) is 6.14. The van der Waals surface area contributed by atoms with Gasteiger partial charge >= 0.3 is 0 Å². The van der Waals surface area contributed by atoms with Crippen LogP contribution < -0.4 is 10.1 Å². The normalized spacial score (nSPS) is 10.5. The number of hydrogen-bond donors (Lipinski definition) is 1. The zero-order valence-corrected chi connectivity index (χ0v) is 15.5. The first-order valence-electron chi connectivity index (χ1n) is 7.81. The molecule has 0 bridgehead atoms. The molecule has 3 aromatic rings. The topological polar surface area (TPSA) is 77.2 Å². The van der Waals surface area contributed by atoms with Gasteiger partial charge in [0.2, 0.25) is 5.91 Å². The van der Waals surface area contributed by atoms with Gasteiger partial charge in [0.25, 0.3) is 11.1 Å². The number of carbonyl (C=O) groups excluding carboxylic acids is 1. The van der Waals surface area contributed by atoms with Gasteiger partial charge in [-0.3, -0.25) is 4.79 Å². The van der Waals surface area contributed by atoms with Gasteiger partial charge in [0.05, 0.1) is 23.4 Å². The molecule has 0 aliphatic rings. The quantitative estimate of drug-likeness (QED) is 0.598. The summed E-state index contributed by atoms with van der Waals surface area (Å²) in [7, 11) is 1.59. The molecule has 134 valence electrons. The highest BCUT2D eigenvalue weighted by atomic mass is 35.5. The summed E-state index contributed by atoms with van der Waals surface area (Å²) in [6.45, 7) is 0. The molecule has 8 heteroatoms. The number of methoxy groups -OCH3 is 1. The summed E-state index contributed by atoms with van der Waals surface area (Å²) in [6.07, 6.45) is 0.294. The first kappa shape index (κ1) is 18.3. The van der Waals surface area contributed by atoms with Crippen molar-refractivity contribution in [3.8, 4) is 17.2 Å². The van der Waals surface area contributed by atoms with Crippen molar-refractivity contribution in [2.75, 3.05) is 18.2 Å². The second-order valence-electron chi connectivity index (χ2n) is 5.20. The van der Waals surface area contributed by atoms with Crippen LogP contribution in [0.25, 0.3) is 11.5 Å². The van der Waals surface area contributed by atoms with Crippen molar-refractivity contribution in [3.63, 3.8) is 0 Å². The number of rotatable bonds is 7. The molecule has 0 saturated carbocycles. The highest BCUT2D eigenvalue weighted by Gasteiger charge is 2.14. The number of ether oxygens (including phenoxy) is 1. The van der Waals surface area contributed by atoms with Crippen molar-refractivity contribution in [3.05, 3.63) is 53.6 Å². The maximum atomic E-state index is 12.0. The number of carbonyl (C=O) groups is 1. The SMILES string of the molecule is COc1ccccc1-c1nnc(SCCC(=O)Nc2ccccc2Cl)o1. The van der Waals surface area contributed by atoms with Crippen LogP contribution in [0.4, 0.5) is 5.69 Å². The van der Waals surface area contributed by atoms with Crippen LogP contribution >= 0.6 is 23.4 Å². The molecule has 1 heterocycles. The molecular formula is C18H16ClN3O3S. The summed E-state index contributed by atoms with van der Waals surface area (Å²) in [6, 6.07) is 14.5. The molecule has 26 heavy (non-hydrogen) atoms. The average molecular weight is 390 g/mol. The second-order valence-corrected chi connectivity index (χ2v) is 6.65. The Balaban J connectivity index is 1.54. The van der Waals surface area contributed by atoms with Gasteiger partial charge < -0.3 is 14.5 Å². The minimum absolute atomic E-state index is 0.130. The van der Waals surface area contributed by atoms with Crippen LogP contribution in [0.2, 0.25) is 5.02 Å². The maximum absolute atomic E-state index is 12.0. The van der Waals surface area contributed by atoms with Crippen LogP contribution in [0, 0.1) is 0 Å². The van der Waals surface area contributed by atoms with E-state index in [1.807, 2.05) is 36.4 Å². The van der Waals surface area contributed by atoms with Gasteiger partial charge in [0.15, 0.2) is 0 Å². The van der Waals surface area contributed by atoms with Gasteiger partial charge in [-0.25, -0.2) is 0 Å². The Hall–Kier alpha value is -2.51. The molecule has 0 saturated heterocycles. The van der Waals surface area contributed by atoms with E-state index in [0.29, 0.717) is 39.7 Å². The lowest BCUT2D eigenvalue weighted by Crippen LogP contribution is -2.12. The molecule has 0 radical (unpaired) electrons. The summed E-state index contributed by atoms with van der Waals surface area (Å²) < 4.78 is 10.9. The monoisotopic (exact) mass is 389 g/mol. The fourth-order valence-electron chi connectivity index (χ4n) is 2.20. The molecule has 6 nitrogen and oxygen atoms in total. The van der Waals surface area contributed by atoms with E-state index in [1.165, 1.54) is 11.8 Å². The van der Waals surface area contributed by atoms with E-state index in [4.69, 9.17) is 20.8 Å². The van der Waals surface area contributed by atoms with Crippen molar-refractivity contribution >= 4 is 35.0 Å². The Morgan fingerprint density at radius 3 is 2.77 bits per heavy atom. The first-order valence-corrected chi connectivity index (χ1v) is 9.18. The van der Waals surface area contributed by atoms with E-state index < -0.39 is 0 Å². The van der Waals surface area contributed by atoms with Crippen molar-refractivity contribution in [1.29, 1.82) is 0 Å². The Morgan fingerprint density at radius 1 is 1.19 bits per heavy atom. The second kappa shape index (κ2) is 8.73. The minimum atomic E-state index is -0.130. The minimum Gasteiger partial charge on any atom is -0.496 e. The van der Waals surface area contributed by atoms with Crippen LogP contribution in [0.15, 0.2) is 58.2 Å². The van der Waals surface area contributed by atoms with Crippen molar-refractivity contribution in [2.45, 2.75) is 11.6 Å². The summed E-state index contributed by atoms with van der Waals surface area (Å²) in [5.74, 6) is 1.41. The van der Waals surface area contributed by atoms with Gasteiger partial charge in [-0.05, 0) is 24.3 Å². The third-order valence-electron chi connectivity index (χ3n) is 3.45. The van der Waals surface area contributed by atoms with E-state index in [0.717, 1.165) is 5.56 Å². The fraction of sp³-hybridized carbons (Fsp3) is 0.167. The molecule has 0 atom stereocenters. The highest BCUT2D eigenvalue weighted by Crippen LogP contribution is 2.30. The lowest BCUT2D eigenvalue weighted by atomic mass is 10.2. The number of aromatic nitrogens is 2. The number of anilines is 1. The van der Waals surface area contributed by atoms with Crippen LogP contribution in [-0.2, 0) is 4.79 Å². The van der Waals surface area contributed by atoms with Gasteiger partial charge in [0.1, 0.15) is 5.75 Å². The molecule has 3 rings (SSSR count). The van der Waals surface area contributed by atoms with Gasteiger partial charge in [-0.2, -0.15) is 0 Å². The van der Waals surface area contributed by atoms with Crippen LogP contribution in [-0.4, -0.2) is 29.0 Å². The molecule has 0 aliphatic heterocycles. The van der Waals surface area contributed by atoms with Crippen LogP contribution in [0.5, 0.6) is 5.75 Å². The number of amides is 1. The van der Waals surface area contributed by atoms with Crippen molar-refractivity contribution in [1.82, 2.24) is 10.2 Å². The predicted octanol–water partition coefficient (Wildman–Crippen LogP) is 4.52. The predicted molar refractivity (Wildman–Crippen MR) is 102 cm³/mol. The molecule has 0 aliphatic carbocycles. The number of thioether (sulfide) groups is 1. The number of nitrogens with one attached hydrogen (secondary N) is 1. The maximum Gasteiger partial charge on any atom is 0.276 e. The van der Waals surface area contributed by atoms with E-state index in [2.05, 4.69) is 15.5 Å². The summed E-state index contributed by atoms with van der Waals surface area (Å²) >= 11 is 7.34. The van der Waals surface area contributed by atoms with E-state index in [1.54, 1.807) is 19.2 Å². The number of para-hydroxylation sites is 2. The zero-order valence-electron chi connectivity index (χ0n) is 13.9. The Morgan fingerprint density at radius 2 is 1.96 bits per heavy atom. The van der Waals surface area contributed by atoms with E-state index in [9.17, 15) is 4.79 Å². The number of nitrogens with zero attached hydrogens (tertiary/aromatic N) is 2. The number of halogens is 1. The summed E-state index contributed by atoms with van der Waals surface area (Å²) in [4.78, 5) is 12.0. The molecular weight excluding hydrogens is 374 g/mol. The molecule has 2 aromatic carbocycles. The summed E-state index contributed by atoms with van der Waals surface area (Å²) in [5.41, 5.74) is 1.33. The van der Waals surface area contributed by atoms with E-state index >= 15 is 0 Å². The Bertz CT molecular complexity index is 901. The van der Waals surface area contributed by atoms with Crippen LogP contribution in [0.3, 0.4) is 0 Å². The van der Waals surface area contributed by atoms with Crippen molar-refractivity contribution < 1.29 is 13.9 Å². The molecule has 0 unspecified atom stereocenters. The van der Waals surface area contributed by atoms with Crippen molar-refractivity contribution in [2.24, 2.45) is 0 Å². The molecule has 0 spiro atoms. The van der Waals surface area contributed by atoms with Gasteiger partial charge in [0, 0.05) is 12.2 Å². The lowest BCUT2D eigenvalue weighted by Gasteiger charge is -2.06. The standard InChI is InChI=1S/C18H16ClN3O3S/c1-24-15-9-5-2-6-12(15)17-21-22-18(25-17)26-11-10-16(23)20-14-8-4-3-7-13(14)19/h2-9H,10-11H2,1H3,(H,20,23). The van der Waals surface area contributed by atoms with Gasteiger partial charge in [-0.15, -0.1) is 10.2 Å². The number of hydrogen-bond acceptors (Lipinski definition) is 6. The molecule has 0 fully saturated rings. The Labute approximate surface area is 159 Å². The third-order valence-corrected chi connectivity index (χ3v) is 4.60. The molecule has 1 aromatic heterocycles. The highest BCUT2D eigenvalue weighted by molar-refractivity contribution is 7.99. The summed E-state index contributed by atoms with van der Waals surface area (Å²) in [5, 5.41) is 11.7. The largest absolute Gasteiger partial charge is 0.496 e. The zero-order chi connectivity index (χ0) is 18.4. The average Bonchev–Trinajstić information content (AvgIpc) is 3.12. The first-order chi connectivity index (χ1) is 12.7. The smallest absolute Gasteiger partial charge is 0.276 e. The third kappa shape index (κ3) is 4.56. The lowest BCUT2D eigenvalue weighted by molar-refractivity contribution is -0.115.